The summed E-state index contributed by atoms with van der Waals surface area (Å²) < 4.78 is 0. The Hall–Kier alpha value is -2.39. The lowest BCUT2D eigenvalue weighted by atomic mass is 10.1. The zero-order valence-electron chi connectivity index (χ0n) is 12.1. The molecule has 3 rings (SSSR count). The third-order valence-corrected chi connectivity index (χ3v) is 3.68. The fourth-order valence-corrected chi connectivity index (χ4v) is 2.42. The third-order valence-electron chi connectivity index (χ3n) is 3.68. The average molecular weight is 277 g/mol. The molecule has 0 amide bonds. The second-order valence-electron chi connectivity index (χ2n) is 5.15. The van der Waals surface area contributed by atoms with E-state index in [0.717, 1.165) is 12.2 Å². The van der Waals surface area contributed by atoms with Gasteiger partial charge in [-0.3, -0.25) is 5.10 Å². The number of nitrogens with zero attached hydrogens (tertiary/aromatic N) is 1. The molecule has 0 radical (unpaired) electrons. The van der Waals surface area contributed by atoms with Crippen LogP contribution in [-0.4, -0.2) is 10.2 Å². The molecule has 1 heterocycles. The molecule has 0 spiro atoms. The van der Waals surface area contributed by atoms with Crippen LogP contribution < -0.4 is 5.32 Å². The SMILES string of the molecule is C[C@H](NCc1cn[nH]c1-c1ccccc1)c1ccccc1. The van der Waals surface area contributed by atoms with Crippen LogP contribution in [0.15, 0.2) is 66.9 Å². The van der Waals surface area contributed by atoms with Crippen LogP contribution >= 0.6 is 0 Å². The van der Waals surface area contributed by atoms with E-state index in [1.54, 1.807) is 0 Å². The lowest BCUT2D eigenvalue weighted by molar-refractivity contribution is 0.575. The van der Waals surface area contributed by atoms with Crippen molar-refractivity contribution in [3.05, 3.63) is 78.0 Å². The monoisotopic (exact) mass is 277 g/mol. The minimum atomic E-state index is 0.310. The Morgan fingerprint density at radius 2 is 1.67 bits per heavy atom. The predicted octanol–water partition coefficient (Wildman–Crippen LogP) is 3.93. The van der Waals surface area contributed by atoms with Crippen molar-refractivity contribution in [3.63, 3.8) is 0 Å². The van der Waals surface area contributed by atoms with E-state index in [0.29, 0.717) is 6.04 Å². The van der Waals surface area contributed by atoms with Gasteiger partial charge in [-0.2, -0.15) is 5.10 Å². The van der Waals surface area contributed by atoms with Crippen LogP contribution in [0.2, 0.25) is 0 Å². The molecule has 0 saturated heterocycles. The van der Waals surface area contributed by atoms with E-state index >= 15 is 0 Å². The highest BCUT2D eigenvalue weighted by Gasteiger charge is 2.09. The Morgan fingerprint density at radius 3 is 2.38 bits per heavy atom. The van der Waals surface area contributed by atoms with Gasteiger partial charge in [0.25, 0.3) is 0 Å². The van der Waals surface area contributed by atoms with Gasteiger partial charge >= 0.3 is 0 Å². The first-order valence-corrected chi connectivity index (χ1v) is 7.20. The maximum Gasteiger partial charge on any atom is 0.0695 e. The summed E-state index contributed by atoms with van der Waals surface area (Å²) in [6.07, 6.45) is 1.90. The van der Waals surface area contributed by atoms with Crippen molar-refractivity contribution in [3.8, 4) is 11.3 Å². The maximum atomic E-state index is 4.18. The molecule has 106 valence electrons. The Kier molecular flexibility index (Phi) is 4.12. The Morgan fingerprint density at radius 1 is 1.00 bits per heavy atom. The smallest absolute Gasteiger partial charge is 0.0695 e. The summed E-state index contributed by atoms with van der Waals surface area (Å²) in [4.78, 5) is 0. The summed E-state index contributed by atoms with van der Waals surface area (Å²) >= 11 is 0. The van der Waals surface area contributed by atoms with E-state index in [9.17, 15) is 0 Å². The van der Waals surface area contributed by atoms with Crippen LogP contribution in [0.4, 0.5) is 0 Å². The fraction of sp³-hybridized carbons (Fsp3) is 0.167. The number of nitrogens with one attached hydrogen (secondary N) is 2. The Balaban J connectivity index is 1.71. The molecule has 3 aromatic rings. The van der Waals surface area contributed by atoms with Crippen LogP contribution in [-0.2, 0) is 6.54 Å². The van der Waals surface area contributed by atoms with Gasteiger partial charge in [-0.15, -0.1) is 0 Å². The van der Waals surface area contributed by atoms with E-state index in [2.05, 4.69) is 58.8 Å². The van der Waals surface area contributed by atoms with Gasteiger partial charge in [0.15, 0.2) is 0 Å². The second-order valence-corrected chi connectivity index (χ2v) is 5.15. The number of aromatic nitrogens is 2. The van der Waals surface area contributed by atoms with Gasteiger partial charge in [0.1, 0.15) is 0 Å². The van der Waals surface area contributed by atoms with Crippen LogP contribution in [0.3, 0.4) is 0 Å². The molecule has 0 unspecified atom stereocenters. The van der Waals surface area contributed by atoms with Crippen molar-refractivity contribution in [1.82, 2.24) is 15.5 Å². The number of benzene rings is 2. The van der Waals surface area contributed by atoms with Gasteiger partial charge in [0, 0.05) is 18.2 Å². The number of hydrogen-bond donors (Lipinski definition) is 2. The average Bonchev–Trinajstić information content (AvgIpc) is 3.03. The molecule has 0 saturated carbocycles. The molecule has 1 aromatic heterocycles. The Labute approximate surface area is 125 Å². The number of aromatic amines is 1. The molecule has 3 nitrogen and oxygen atoms in total. The van der Waals surface area contributed by atoms with Crippen molar-refractivity contribution in [1.29, 1.82) is 0 Å². The van der Waals surface area contributed by atoms with E-state index in [1.165, 1.54) is 16.7 Å². The predicted molar refractivity (Wildman–Crippen MR) is 85.7 cm³/mol. The molecule has 21 heavy (non-hydrogen) atoms. The van der Waals surface area contributed by atoms with Gasteiger partial charge in [0.05, 0.1) is 11.9 Å². The molecule has 0 aliphatic rings. The first kappa shape index (κ1) is 13.6. The molecular formula is C18H19N3. The number of rotatable bonds is 5. The topological polar surface area (TPSA) is 40.7 Å². The summed E-state index contributed by atoms with van der Waals surface area (Å²) in [5, 5.41) is 10.8. The summed E-state index contributed by atoms with van der Waals surface area (Å²) in [6.45, 7) is 2.97. The molecular weight excluding hydrogens is 258 g/mol. The van der Waals surface area contributed by atoms with Crippen LogP contribution in [0, 0.1) is 0 Å². The van der Waals surface area contributed by atoms with Gasteiger partial charge < -0.3 is 5.32 Å². The highest BCUT2D eigenvalue weighted by atomic mass is 15.1. The molecule has 0 aliphatic heterocycles. The quantitative estimate of drug-likeness (QED) is 0.742. The number of hydrogen-bond acceptors (Lipinski definition) is 2. The molecule has 1 atom stereocenters. The van der Waals surface area contributed by atoms with Crippen molar-refractivity contribution in [2.75, 3.05) is 0 Å². The molecule has 0 bridgehead atoms. The number of H-pyrrole nitrogens is 1. The minimum absolute atomic E-state index is 0.310. The second kappa shape index (κ2) is 6.37. The van der Waals surface area contributed by atoms with Crippen molar-refractivity contribution >= 4 is 0 Å². The highest BCUT2D eigenvalue weighted by Crippen LogP contribution is 2.21. The minimum Gasteiger partial charge on any atom is -0.306 e. The van der Waals surface area contributed by atoms with Gasteiger partial charge in [-0.1, -0.05) is 60.7 Å². The maximum absolute atomic E-state index is 4.18. The normalized spacial score (nSPS) is 12.2. The molecule has 2 N–H and O–H groups in total. The molecule has 0 fully saturated rings. The van der Waals surface area contributed by atoms with Crippen LogP contribution in [0.1, 0.15) is 24.1 Å². The van der Waals surface area contributed by atoms with E-state index in [4.69, 9.17) is 0 Å². The lowest BCUT2D eigenvalue weighted by Crippen LogP contribution is -2.18. The zero-order chi connectivity index (χ0) is 14.5. The molecule has 3 heteroatoms. The molecule has 0 aliphatic carbocycles. The standard InChI is InChI=1S/C18H19N3/c1-14(15-8-4-2-5-9-15)19-12-17-13-20-21-18(17)16-10-6-3-7-11-16/h2-11,13-14,19H,12H2,1H3,(H,20,21)/t14-/m0/s1. The first-order valence-electron chi connectivity index (χ1n) is 7.20. The fourth-order valence-electron chi connectivity index (χ4n) is 2.42. The van der Waals surface area contributed by atoms with Crippen LogP contribution in [0.5, 0.6) is 0 Å². The summed E-state index contributed by atoms with van der Waals surface area (Å²) in [5.74, 6) is 0. The van der Waals surface area contributed by atoms with E-state index in [-0.39, 0.29) is 0 Å². The van der Waals surface area contributed by atoms with Gasteiger partial charge in [-0.05, 0) is 18.1 Å². The summed E-state index contributed by atoms with van der Waals surface area (Å²) in [5.41, 5.74) is 4.73. The zero-order valence-corrected chi connectivity index (χ0v) is 12.1. The summed E-state index contributed by atoms with van der Waals surface area (Å²) in [6, 6.07) is 21.1. The highest BCUT2D eigenvalue weighted by molar-refractivity contribution is 5.62. The lowest BCUT2D eigenvalue weighted by Gasteiger charge is -2.14. The van der Waals surface area contributed by atoms with Crippen LogP contribution in [0.25, 0.3) is 11.3 Å². The van der Waals surface area contributed by atoms with Crippen molar-refractivity contribution in [2.45, 2.75) is 19.5 Å². The first-order chi connectivity index (χ1) is 10.3. The van der Waals surface area contributed by atoms with Crippen molar-refractivity contribution in [2.24, 2.45) is 0 Å². The van der Waals surface area contributed by atoms with E-state index < -0.39 is 0 Å². The van der Waals surface area contributed by atoms with Gasteiger partial charge in [0.2, 0.25) is 0 Å². The van der Waals surface area contributed by atoms with Crippen molar-refractivity contribution < 1.29 is 0 Å². The Bertz CT molecular complexity index is 674. The third kappa shape index (κ3) is 3.20. The van der Waals surface area contributed by atoms with Gasteiger partial charge in [-0.25, -0.2) is 0 Å². The largest absolute Gasteiger partial charge is 0.306 e. The van der Waals surface area contributed by atoms with E-state index in [1.807, 2.05) is 30.5 Å². The molecule has 2 aromatic carbocycles. The summed E-state index contributed by atoms with van der Waals surface area (Å²) in [7, 11) is 0.